The van der Waals surface area contributed by atoms with Crippen LogP contribution in [0.2, 0.25) is 0 Å². The molecule has 1 aliphatic rings. The minimum Gasteiger partial charge on any atom is -0.450 e. The molecule has 1 fully saturated rings. The Morgan fingerprint density at radius 2 is 1.68 bits per heavy atom. The van der Waals surface area contributed by atoms with Crippen molar-refractivity contribution in [1.29, 1.82) is 0 Å². The molecule has 2 heterocycles. The molecule has 1 aromatic carbocycles. The SMILES string of the molecule is CCOC(=O)N1CCN(C(=O)CNC(=O)c2cccc(-n3cccc3)c2)CC1. The fourth-order valence-corrected chi connectivity index (χ4v) is 3.04. The molecular weight excluding hydrogens is 360 g/mol. The average Bonchev–Trinajstić information content (AvgIpc) is 3.27. The highest BCUT2D eigenvalue weighted by molar-refractivity contribution is 5.96. The maximum Gasteiger partial charge on any atom is 0.409 e. The standard InChI is InChI=1S/C20H24N4O4/c1-2-28-20(27)24-12-10-23(11-13-24)18(25)15-21-19(26)16-6-5-7-17(14-16)22-8-3-4-9-22/h3-9,14H,2,10-13,15H2,1H3,(H,21,26). The van der Waals surface area contributed by atoms with E-state index in [2.05, 4.69) is 5.32 Å². The Labute approximate surface area is 163 Å². The van der Waals surface area contributed by atoms with Crippen LogP contribution in [0.4, 0.5) is 4.79 Å². The molecule has 3 amide bonds. The zero-order valence-corrected chi connectivity index (χ0v) is 15.8. The number of ether oxygens (including phenoxy) is 1. The van der Waals surface area contributed by atoms with Gasteiger partial charge in [-0.2, -0.15) is 0 Å². The smallest absolute Gasteiger partial charge is 0.409 e. The Morgan fingerprint density at radius 1 is 1.00 bits per heavy atom. The first-order chi connectivity index (χ1) is 13.6. The van der Waals surface area contributed by atoms with Crippen molar-refractivity contribution in [2.45, 2.75) is 6.92 Å². The molecule has 28 heavy (non-hydrogen) atoms. The highest BCUT2D eigenvalue weighted by Crippen LogP contribution is 2.11. The first-order valence-corrected chi connectivity index (χ1v) is 9.29. The lowest BCUT2D eigenvalue weighted by atomic mass is 10.2. The summed E-state index contributed by atoms with van der Waals surface area (Å²) < 4.78 is 6.87. The number of piperazine rings is 1. The van der Waals surface area contributed by atoms with Crippen molar-refractivity contribution in [1.82, 2.24) is 19.7 Å². The monoisotopic (exact) mass is 384 g/mol. The Balaban J connectivity index is 1.49. The maximum absolute atomic E-state index is 12.4. The number of benzene rings is 1. The van der Waals surface area contributed by atoms with Crippen LogP contribution in [0.5, 0.6) is 0 Å². The number of nitrogens with one attached hydrogen (secondary N) is 1. The van der Waals surface area contributed by atoms with Gasteiger partial charge in [-0.25, -0.2) is 4.79 Å². The Bertz CT molecular complexity index is 826. The summed E-state index contributed by atoms with van der Waals surface area (Å²) in [4.78, 5) is 39.7. The first-order valence-electron chi connectivity index (χ1n) is 9.29. The van der Waals surface area contributed by atoms with Crippen LogP contribution < -0.4 is 5.32 Å². The second-order valence-corrected chi connectivity index (χ2v) is 6.39. The number of carbonyl (C=O) groups excluding carboxylic acids is 3. The summed E-state index contributed by atoms with van der Waals surface area (Å²) in [6.07, 6.45) is 3.44. The fraction of sp³-hybridized carbons (Fsp3) is 0.350. The van der Waals surface area contributed by atoms with Gasteiger partial charge in [0, 0.05) is 49.8 Å². The fourth-order valence-electron chi connectivity index (χ4n) is 3.04. The minimum atomic E-state index is -0.356. The van der Waals surface area contributed by atoms with Crippen LogP contribution in [0.25, 0.3) is 5.69 Å². The molecule has 0 spiro atoms. The molecular formula is C20H24N4O4. The van der Waals surface area contributed by atoms with Gasteiger partial charge in [0.25, 0.3) is 5.91 Å². The number of rotatable bonds is 5. The molecule has 1 aromatic heterocycles. The van der Waals surface area contributed by atoms with Gasteiger partial charge in [0.05, 0.1) is 13.2 Å². The molecule has 148 valence electrons. The number of aromatic nitrogens is 1. The van der Waals surface area contributed by atoms with Crippen molar-refractivity contribution in [3.8, 4) is 5.69 Å². The molecule has 0 unspecified atom stereocenters. The lowest BCUT2D eigenvalue weighted by Gasteiger charge is -2.34. The zero-order chi connectivity index (χ0) is 19.9. The van der Waals surface area contributed by atoms with Crippen LogP contribution in [0.3, 0.4) is 0 Å². The van der Waals surface area contributed by atoms with Gasteiger partial charge in [0.15, 0.2) is 0 Å². The molecule has 8 nitrogen and oxygen atoms in total. The summed E-state index contributed by atoms with van der Waals surface area (Å²) in [5.41, 5.74) is 1.37. The van der Waals surface area contributed by atoms with Gasteiger partial charge >= 0.3 is 6.09 Å². The molecule has 0 atom stereocenters. The van der Waals surface area contributed by atoms with Crippen molar-refractivity contribution in [2.75, 3.05) is 39.3 Å². The molecule has 1 aliphatic heterocycles. The highest BCUT2D eigenvalue weighted by Gasteiger charge is 2.24. The van der Waals surface area contributed by atoms with Gasteiger partial charge in [0.1, 0.15) is 0 Å². The van der Waals surface area contributed by atoms with E-state index in [-0.39, 0.29) is 24.5 Å². The van der Waals surface area contributed by atoms with Crippen molar-refractivity contribution >= 4 is 17.9 Å². The van der Waals surface area contributed by atoms with Crippen LogP contribution in [0.15, 0.2) is 48.8 Å². The molecule has 0 aliphatic carbocycles. The Morgan fingerprint density at radius 3 is 2.36 bits per heavy atom. The van der Waals surface area contributed by atoms with Crippen molar-refractivity contribution in [3.63, 3.8) is 0 Å². The van der Waals surface area contributed by atoms with Gasteiger partial charge in [-0.3, -0.25) is 9.59 Å². The van der Waals surface area contributed by atoms with E-state index in [1.54, 1.807) is 34.9 Å². The third-order valence-electron chi connectivity index (χ3n) is 4.57. The molecule has 1 N–H and O–H groups in total. The second kappa shape index (κ2) is 9.07. The van der Waals surface area contributed by atoms with Crippen LogP contribution >= 0.6 is 0 Å². The maximum atomic E-state index is 12.4. The summed E-state index contributed by atoms with van der Waals surface area (Å²) in [5.74, 6) is -0.467. The number of hydrogen-bond donors (Lipinski definition) is 1. The molecule has 0 radical (unpaired) electrons. The van der Waals surface area contributed by atoms with Crippen LogP contribution in [0, 0.1) is 0 Å². The molecule has 3 rings (SSSR count). The third-order valence-corrected chi connectivity index (χ3v) is 4.57. The van der Waals surface area contributed by atoms with E-state index in [0.717, 1.165) is 5.69 Å². The summed E-state index contributed by atoms with van der Waals surface area (Å²) in [7, 11) is 0. The number of nitrogens with zero attached hydrogens (tertiary/aromatic N) is 3. The Kier molecular flexibility index (Phi) is 6.31. The first kappa shape index (κ1) is 19.5. The van der Waals surface area contributed by atoms with Crippen LogP contribution in [0.1, 0.15) is 17.3 Å². The van der Waals surface area contributed by atoms with E-state index in [9.17, 15) is 14.4 Å². The predicted molar refractivity (Wildman–Crippen MR) is 103 cm³/mol. The number of carbonyl (C=O) groups is 3. The lowest BCUT2D eigenvalue weighted by molar-refractivity contribution is -0.131. The molecule has 2 aromatic rings. The van der Waals surface area contributed by atoms with Crippen LogP contribution in [-0.4, -0.2) is 71.6 Å². The Hall–Kier alpha value is -3.29. The van der Waals surface area contributed by atoms with E-state index >= 15 is 0 Å². The lowest BCUT2D eigenvalue weighted by Crippen LogP contribution is -2.52. The van der Waals surface area contributed by atoms with Crippen molar-refractivity contribution < 1.29 is 19.1 Å². The topological polar surface area (TPSA) is 83.9 Å². The molecule has 0 saturated carbocycles. The normalized spacial score (nSPS) is 13.9. The van der Waals surface area contributed by atoms with E-state index in [4.69, 9.17) is 4.74 Å². The van der Waals surface area contributed by atoms with Gasteiger partial charge < -0.3 is 24.4 Å². The number of amides is 3. The largest absolute Gasteiger partial charge is 0.450 e. The van der Waals surface area contributed by atoms with Gasteiger partial charge in [-0.05, 0) is 37.3 Å². The van der Waals surface area contributed by atoms with Crippen molar-refractivity contribution in [3.05, 3.63) is 54.4 Å². The summed E-state index contributed by atoms with van der Waals surface area (Å²) >= 11 is 0. The molecule has 0 bridgehead atoms. The zero-order valence-electron chi connectivity index (χ0n) is 15.8. The van der Waals surface area contributed by atoms with Gasteiger partial charge in [-0.15, -0.1) is 0 Å². The van der Waals surface area contributed by atoms with Gasteiger partial charge in [-0.1, -0.05) is 6.07 Å². The minimum absolute atomic E-state index is 0.0774. The highest BCUT2D eigenvalue weighted by atomic mass is 16.6. The van der Waals surface area contributed by atoms with E-state index in [1.807, 2.05) is 35.2 Å². The molecule has 8 heteroatoms. The van der Waals surface area contributed by atoms with E-state index < -0.39 is 0 Å². The van der Waals surface area contributed by atoms with E-state index in [1.165, 1.54) is 0 Å². The molecule has 1 saturated heterocycles. The average molecular weight is 384 g/mol. The summed E-state index contributed by atoms with van der Waals surface area (Å²) in [6.45, 7) is 3.72. The second-order valence-electron chi connectivity index (χ2n) is 6.39. The third kappa shape index (κ3) is 4.70. The van der Waals surface area contributed by atoms with Crippen molar-refractivity contribution in [2.24, 2.45) is 0 Å². The summed E-state index contributed by atoms with van der Waals surface area (Å²) in [6, 6.07) is 11.0. The van der Waals surface area contributed by atoms with Gasteiger partial charge in [0.2, 0.25) is 5.91 Å². The number of hydrogen-bond acceptors (Lipinski definition) is 4. The van der Waals surface area contributed by atoms with E-state index in [0.29, 0.717) is 38.3 Å². The van der Waals surface area contributed by atoms with Crippen LogP contribution in [-0.2, 0) is 9.53 Å². The predicted octanol–water partition coefficient (Wildman–Crippen LogP) is 1.51. The summed E-state index contributed by atoms with van der Waals surface area (Å²) in [5, 5.41) is 2.68. The quantitative estimate of drug-likeness (QED) is 0.847.